The van der Waals surface area contributed by atoms with Gasteiger partial charge in [0.25, 0.3) is 0 Å². The highest BCUT2D eigenvalue weighted by Gasteiger charge is 2.48. The van der Waals surface area contributed by atoms with E-state index in [9.17, 15) is 13.3 Å². The molecule has 0 bridgehead atoms. The van der Waals surface area contributed by atoms with Crippen LogP contribution in [0.25, 0.3) is 0 Å². The quantitative estimate of drug-likeness (QED) is 0.358. The second kappa shape index (κ2) is 7.61. The Balaban J connectivity index is 2.03. The molecule has 8 heteroatoms. The highest BCUT2D eigenvalue weighted by atomic mass is 127. The van der Waals surface area contributed by atoms with Crippen molar-refractivity contribution in [2.75, 3.05) is 6.61 Å². The lowest BCUT2D eigenvalue weighted by Crippen LogP contribution is -2.28. The first-order valence-electron chi connectivity index (χ1n) is 8.84. The molecule has 1 aliphatic heterocycles. The van der Waals surface area contributed by atoms with Gasteiger partial charge in [-0.3, -0.25) is 0 Å². The molecule has 0 saturated heterocycles. The average Bonchev–Trinajstić information content (AvgIpc) is 3.07. The second-order valence-corrected chi connectivity index (χ2v) is 10.1. The number of ether oxygens (including phenoxy) is 3. The molecule has 0 aliphatic carbocycles. The van der Waals surface area contributed by atoms with Crippen molar-refractivity contribution in [3.05, 3.63) is 70.3 Å². The van der Waals surface area contributed by atoms with Crippen molar-refractivity contribution in [2.24, 2.45) is 0 Å². The Morgan fingerprint density at radius 2 is 1.48 bits per heavy atom. The number of alkyl halides is 2. The number of fused-ring (bicyclic) bond motifs is 1. The summed E-state index contributed by atoms with van der Waals surface area (Å²) in [5.41, 5.74) is 0. The monoisotopic (exact) mass is 528 g/mol. The van der Waals surface area contributed by atoms with Gasteiger partial charge < -0.3 is 18.8 Å². The fraction of sp³-hybridized carbons (Fsp3) is 0.143. The summed E-state index contributed by atoms with van der Waals surface area (Å²) in [5, 5.41) is 1.52. The van der Waals surface area contributed by atoms with Gasteiger partial charge in [0.05, 0.1) is 10.2 Å². The number of benzene rings is 3. The van der Waals surface area contributed by atoms with Crippen molar-refractivity contribution >= 4 is 45.6 Å². The third kappa shape index (κ3) is 3.51. The Morgan fingerprint density at radius 3 is 2.00 bits per heavy atom. The van der Waals surface area contributed by atoms with E-state index in [4.69, 9.17) is 9.47 Å². The predicted octanol–water partition coefficient (Wildman–Crippen LogP) is 4.65. The molecule has 4 nitrogen and oxygen atoms in total. The van der Waals surface area contributed by atoms with Crippen molar-refractivity contribution in [1.82, 2.24) is 0 Å². The highest BCUT2D eigenvalue weighted by molar-refractivity contribution is 14.1. The summed E-state index contributed by atoms with van der Waals surface area (Å²) in [4.78, 5) is 0. The van der Waals surface area contributed by atoms with Crippen LogP contribution in [0, 0.1) is 3.57 Å². The minimum absolute atomic E-state index is 0.0715. The summed E-state index contributed by atoms with van der Waals surface area (Å²) in [6.45, 7) is 1.95. The maximum atomic E-state index is 14.6. The predicted molar refractivity (Wildman–Crippen MR) is 116 cm³/mol. The molecule has 1 aliphatic rings. The van der Waals surface area contributed by atoms with Crippen LogP contribution >= 0.6 is 29.7 Å². The molecule has 150 valence electrons. The van der Waals surface area contributed by atoms with Gasteiger partial charge in [0.2, 0.25) is 5.75 Å². The summed E-state index contributed by atoms with van der Waals surface area (Å²) in [5.74, 6) is -0.275. The molecule has 0 amide bonds. The Hall–Kier alpha value is -2.12. The van der Waals surface area contributed by atoms with Gasteiger partial charge >= 0.3 is 6.29 Å². The Kier molecular flexibility index (Phi) is 5.29. The van der Waals surface area contributed by atoms with Gasteiger partial charge in [-0.05, 0) is 35.6 Å². The summed E-state index contributed by atoms with van der Waals surface area (Å²) in [6.07, 6.45) is -3.81. The van der Waals surface area contributed by atoms with Gasteiger partial charge in [-0.25, -0.2) is 0 Å². The van der Waals surface area contributed by atoms with E-state index in [1.165, 1.54) is 6.07 Å². The van der Waals surface area contributed by atoms with E-state index in [1.807, 2.05) is 34.7 Å². The van der Waals surface area contributed by atoms with Crippen LogP contribution in [0.5, 0.6) is 17.2 Å². The minimum atomic E-state index is -3.81. The van der Waals surface area contributed by atoms with E-state index < -0.39 is 13.4 Å². The molecule has 0 unspecified atom stereocenters. The Labute approximate surface area is 180 Å². The van der Waals surface area contributed by atoms with Crippen molar-refractivity contribution in [3.63, 3.8) is 0 Å². The third-order valence-corrected chi connectivity index (χ3v) is 9.02. The van der Waals surface area contributed by atoms with E-state index in [2.05, 4.69) is 4.74 Å². The molecular weight excluding hydrogens is 512 g/mol. The fourth-order valence-corrected chi connectivity index (χ4v) is 7.47. The normalized spacial score (nSPS) is 14.6. The summed E-state index contributed by atoms with van der Waals surface area (Å²) < 4.78 is 57.6. The third-order valence-electron chi connectivity index (χ3n) is 4.44. The topological polar surface area (TPSA) is 44.8 Å². The van der Waals surface area contributed by atoms with Crippen LogP contribution in [0.15, 0.2) is 66.7 Å². The largest absolute Gasteiger partial charge is 0.586 e. The second-order valence-electron chi connectivity index (χ2n) is 6.25. The van der Waals surface area contributed by atoms with E-state index >= 15 is 0 Å². The zero-order chi connectivity index (χ0) is 20.6. The number of hydrogen-bond acceptors (Lipinski definition) is 4. The zero-order valence-electron chi connectivity index (χ0n) is 15.3. The molecule has 0 radical (unpaired) electrons. The van der Waals surface area contributed by atoms with Crippen LogP contribution in [0.3, 0.4) is 0 Å². The van der Waals surface area contributed by atoms with Gasteiger partial charge in [-0.15, -0.1) is 8.78 Å². The van der Waals surface area contributed by atoms with E-state index in [0.717, 1.165) is 0 Å². The highest BCUT2D eigenvalue weighted by Crippen LogP contribution is 2.53. The van der Waals surface area contributed by atoms with E-state index in [0.29, 0.717) is 19.5 Å². The van der Waals surface area contributed by atoms with Crippen molar-refractivity contribution in [1.29, 1.82) is 0 Å². The number of halogens is 3. The molecular formula is C21H16F2IO4P. The molecule has 0 fully saturated rings. The molecule has 1 heterocycles. The van der Waals surface area contributed by atoms with Crippen LogP contribution < -0.4 is 30.1 Å². The van der Waals surface area contributed by atoms with Crippen molar-refractivity contribution in [2.45, 2.75) is 13.2 Å². The van der Waals surface area contributed by atoms with Gasteiger partial charge in [0.1, 0.15) is 0 Å². The van der Waals surface area contributed by atoms with Gasteiger partial charge in [0, 0.05) is 15.9 Å². The first kappa shape index (κ1) is 20.2. The van der Waals surface area contributed by atoms with Gasteiger partial charge in [-0.1, -0.05) is 60.7 Å². The maximum absolute atomic E-state index is 14.6. The lowest BCUT2D eigenvalue weighted by atomic mass is 10.3. The van der Waals surface area contributed by atoms with Crippen LogP contribution in [0.4, 0.5) is 8.78 Å². The van der Waals surface area contributed by atoms with Gasteiger partial charge in [0.15, 0.2) is 18.6 Å². The van der Waals surface area contributed by atoms with E-state index in [-0.39, 0.29) is 23.9 Å². The standard InChI is InChI=1S/C21H16F2IO4P/c1-2-26-16-13-17(18(24)20-19(16)27-21(22,23)28-20)29(25,14-9-5-3-6-10-14)15-11-7-4-8-12-15/h3-13H,2H2,1H3. The van der Waals surface area contributed by atoms with Crippen LogP contribution in [0.1, 0.15) is 6.92 Å². The lowest BCUT2D eigenvalue weighted by Gasteiger charge is -2.22. The zero-order valence-corrected chi connectivity index (χ0v) is 18.3. The molecule has 0 spiro atoms. The van der Waals surface area contributed by atoms with Gasteiger partial charge in [-0.2, -0.15) is 0 Å². The molecule has 4 rings (SSSR count). The molecule has 29 heavy (non-hydrogen) atoms. The SMILES string of the molecule is CCOc1cc(P(=O)(c2ccccc2)c2ccccc2)c(I)c2c1OC(F)(F)O2. The van der Waals surface area contributed by atoms with Crippen molar-refractivity contribution in [3.8, 4) is 17.2 Å². The van der Waals surface area contributed by atoms with Crippen LogP contribution in [-0.2, 0) is 4.57 Å². The average molecular weight is 528 g/mol. The lowest BCUT2D eigenvalue weighted by molar-refractivity contribution is -0.287. The molecule has 3 aromatic rings. The van der Waals surface area contributed by atoms with Crippen molar-refractivity contribution < 1.29 is 27.6 Å². The van der Waals surface area contributed by atoms with Crippen LogP contribution in [0.2, 0.25) is 0 Å². The molecule has 0 aromatic heterocycles. The number of hydrogen-bond donors (Lipinski definition) is 0. The molecule has 0 atom stereocenters. The Bertz CT molecular complexity index is 1050. The molecule has 0 N–H and O–H groups in total. The molecule has 0 saturated carbocycles. The summed E-state index contributed by atoms with van der Waals surface area (Å²) >= 11 is 1.88. The smallest absolute Gasteiger partial charge is 0.490 e. The maximum Gasteiger partial charge on any atom is 0.586 e. The number of rotatable bonds is 5. The molecule has 3 aromatic carbocycles. The van der Waals surface area contributed by atoms with Crippen LogP contribution in [-0.4, -0.2) is 12.9 Å². The minimum Gasteiger partial charge on any atom is -0.490 e. The fourth-order valence-electron chi connectivity index (χ4n) is 3.22. The summed E-state index contributed by atoms with van der Waals surface area (Å²) in [7, 11) is -3.41. The first-order chi connectivity index (χ1) is 13.9. The Morgan fingerprint density at radius 1 is 0.966 bits per heavy atom. The summed E-state index contributed by atoms with van der Waals surface area (Å²) in [6, 6.07) is 19.4. The first-order valence-corrected chi connectivity index (χ1v) is 11.6. The van der Waals surface area contributed by atoms with E-state index in [1.54, 1.807) is 55.5 Å².